The molecule has 1 aromatic carbocycles. The number of nitrogens with one attached hydrogen (secondary N) is 1. The Hall–Kier alpha value is -4.82. The van der Waals surface area contributed by atoms with E-state index in [4.69, 9.17) is 27.3 Å². The number of nitrogens with two attached hydrogens (primary N) is 1. The van der Waals surface area contributed by atoms with Crippen LogP contribution in [0, 0.1) is 5.92 Å². The second kappa shape index (κ2) is 12.2. The van der Waals surface area contributed by atoms with Gasteiger partial charge in [0.2, 0.25) is 16.9 Å². The number of aromatic nitrogens is 1. The lowest BCUT2D eigenvalue weighted by molar-refractivity contribution is -0.154. The first-order valence-corrected chi connectivity index (χ1v) is 15.3. The smallest absolute Gasteiger partial charge is 0.347 e. The molecule has 3 aliphatic heterocycles. The van der Waals surface area contributed by atoms with Gasteiger partial charge < -0.3 is 35.9 Å². The van der Waals surface area contributed by atoms with Crippen molar-refractivity contribution in [1.29, 1.82) is 0 Å². The molecule has 4 amide bonds. The molecule has 0 radical (unpaired) electrons. The summed E-state index contributed by atoms with van der Waals surface area (Å²) < 4.78 is 0. The van der Waals surface area contributed by atoms with Gasteiger partial charge in [0.1, 0.15) is 5.69 Å². The number of ketones is 1. The van der Waals surface area contributed by atoms with Gasteiger partial charge in [0.25, 0.3) is 5.91 Å². The van der Waals surface area contributed by atoms with Crippen molar-refractivity contribution >= 4 is 81.1 Å². The molecule has 5 rings (SSSR count). The molecular formula is C25H24ClN7O11S2. The maximum absolute atomic E-state index is 13.4. The number of hydrogen-bond acceptors (Lipinski definition) is 14. The predicted molar refractivity (Wildman–Crippen MR) is 159 cm³/mol. The van der Waals surface area contributed by atoms with Crippen LogP contribution in [0.4, 0.5) is 9.93 Å². The van der Waals surface area contributed by atoms with Crippen LogP contribution in [0.3, 0.4) is 0 Å². The Kier molecular flexibility index (Phi) is 8.62. The van der Waals surface area contributed by atoms with E-state index in [1.54, 1.807) is 0 Å². The van der Waals surface area contributed by atoms with Crippen LogP contribution >= 0.6 is 34.7 Å². The topological polar surface area (TPSA) is 266 Å². The minimum Gasteiger partial charge on any atom is -0.504 e. The van der Waals surface area contributed by atoms with Gasteiger partial charge in [-0.25, -0.2) is 24.4 Å². The number of thioether (sulfide) groups is 1. The van der Waals surface area contributed by atoms with Crippen LogP contribution in [-0.4, -0.2) is 117 Å². The van der Waals surface area contributed by atoms with Gasteiger partial charge in [-0.1, -0.05) is 28.5 Å². The number of carbonyl (C=O) groups is 6. The number of β-lactam (4-membered cyclic amide) rings is 1. The standard InChI is InChI=1S/C25H24ClN7O11S2/c1-9(21(39)40)44-30-16(12-7-45-23(27)28-12)14(35)6-11-19(38)31-8-25(22(41)42,46-20(11)31)32-4-5-33(24(32)43)29-18(37)10-2-3-13(34)17(36)15(10)26/h2-3,7,9,11,20,34,36H,4-6,8H2,1H3,(H2,27,28)(H,29,37)(H,39,40)(H,41,42)/b30-16-/t9?,11-,20-,25?/m1/s1. The summed E-state index contributed by atoms with van der Waals surface area (Å²) in [6.07, 6.45) is -1.87. The summed E-state index contributed by atoms with van der Waals surface area (Å²) in [5, 5.41) is 43.5. The normalized spacial score (nSPS) is 23.2. The molecule has 1 aromatic heterocycles. The molecule has 2 unspecified atom stereocenters. The first-order valence-electron chi connectivity index (χ1n) is 13.2. The number of rotatable bonds is 11. The minimum absolute atomic E-state index is 0.00119. The predicted octanol–water partition coefficient (Wildman–Crippen LogP) is 0.338. The van der Waals surface area contributed by atoms with Crippen LogP contribution < -0.4 is 11.2 Å². The molecule has 0 saturated carbocycles. The van der Waals surface area contributed by atoms with E-state index in [9.17, 15) is 44.1 Å². The lowest BCUT2D eigenvalue weighted by Gasteiger charge is -2.40. The van der Waals surface area contributed by atoms with Crippen LogP contribution in [0.1, 0.15) is 29.4 Å². The van der Waals surface area contributed by atoms with Gasteiger partial charge in [0, 0.05) is 18.3 Å². The number of phenols is 2. The Labute approximate surface area is 271 Å². The zero-order valence-corrected chi connectivity index (χ0v) is 25.8. The highest BCUT2D eigenvalue weighted by Crippen LogP contribution is 2.52. The number of nitrogen functional groups attached to an aromatic ring is 1. The van der Waals surface area contributed by atoms with Gasteiger partial charge in [-0.3, -0.25) is 24.7 Å². The number of halogens is 1. The highest BCUT2D eigenvalue weighted by molar-refractivity contribution is 8.02. The summed E-state index contributed by atoms with van der Waals surface area (Å²) in [5.74, 6) is -7.31. The number of oxime groups is 1. The largest absolute Gasteiger partial charge is 0.504 e. The first kappa shape index (κ1) is 32.6. The number of aliphatic carboxylic acids is 2. The summed E-state index contributed by atoms with van der Waals surface area (Å²) in [6.45, 7) is 0.478. The molecule has 21 heteroatoms. The van der Waals surface area contributed by atoms with E-state index in [1.165, 1.54) is 17.2 Å². The van der Waals surface area contributed by atoms with Crippen LogP contribution in [0.2, 0.25) is 5.02 Å². The Morgan fingerprint density at radius 1 is 1.24 bits per heavy atom. The van der Waals surface area contributed by atoms with Crippen molar-refractivity contribution in [1.82, 2.24) is 25.2 Å². The van der Waals surface area contributed by atoms with Crippen molar-refractivity contribution in [3.63, 3.8) is 0 Å². The summed E-state index contributed by atoms with van der Waals surface area (Å²) >= 11 is 7.71. The van der Waals surface area contributed by atoms with Gasteiger partial charge in [-0.15, -0.1) is 11.3 Å². The van der Waals surface area contributed by atoms with E-state index >= 15 is 0 Å². The van der Waals surface area contributed by atoms with Crippen molar-refractivity contribution < 1.29 is 54.0 Å². The molecule has 4 atom stereocenters. The van der Waals surface area contributed by atoms with Gasteiger partial charge in [-0.05, 0) is 19.1 Å². The maximum Gasteiger partial charge on any atom is 0.347 e. The number of urea groups is 1. The highest BCUT2D eigenvalue weighted by Gasteiger charge is 2.66. The molecule has 0 aliphatic carbocycles. The van der Waals surface area contributed by atoms with Gasteiger partial charge in [0.15, 0.2) is 28.1 Å². The van der Waals surface area contributed by atoms with Crippen molar-refractivity contribution in [3.05, 3.63) is 33.8 Å². The Morgan fingerprint density at radius 2 is 1.96 bits per heavy atom. The SMILES string of the molecule is CC(O/N=C(\C(=O)C[C@@H]1C(=O)N2CC(C(=O)O)(N3CCN(NC(=O)c4ccc(O)c(O)c4Cl)C3=O)S[C@H]12)c1csc(N)n1)C(=O)O. The Balaban J connectivity index is 1.31. The van der Waals surface area contributed by atoms with Crippen LogP contribution in [0.25, 0.3) is 0 Å². The van der Waals surface area contributed by atoms with E-state index in [2.05, 4.69) is 15.6 Å². The number of nitrogens with zero attached hydrogens (tertiary/aromatic N) is 5. The molecule has 18 nitrogen and oxygen atoms in total. The number of fused-ring (bicyclic) bond motifs is 1. The van der Waals surface area contributed by atoms with Gasteiger partial charge in [0.05, 0.1) is 35.0 Å². The fraction of sp³-hybridized carbons (Fsp3) is 0.360. The van der Waals surface area contributed by atoms with Crippen LogP contribution in [0.15, 0.2) is 22.7 Å². The average molecular weight is 698 g/mol. The molecule has 46 heavy (non-hydrogen) atoms. The number of carboxylic acids is 2. The van der Waals surface area contributed by atoms with Crippen molar-refractivity contribution in [2.45, 2.75) is 29.7 Å². The summed E-state index contributed by atoms with van der Waals surface area (Å²) in [4.78, 5) is 85.6. The number of hydrogen-bond donors (Lipinski definition) is 6. The molecule has 3 saturated heterocycles. The quantitative estimate of drug-likeness (QED) is 0.0800. The lowest BCUT2D eigenvalue weighted by atomic mass is 9.90. The summed E-state index contributed by atoms with van der Waals surface area (Å²) in [5.41, 5.74) is 7.34. The number of carboxylic acid groups (broad SMARTS) is 2. The lowest BCUT2D eigenvalue weighted by Crippen LogP contribution is -2.60. The van der Waals surface area contributed by atoms with E-state index in [-0.39, 0.29) is 35.2 Å². The number of Topliss-reactive ketones (excluding diaryl/α,β-unsaturated/α-hetero) is 1. The van der Waals surface area contributed by atoms with E-state index in [0.717, 1.165) is 45.1 Å². The fourth-order valence-corrected chi connectivity index (χ4v) is 7.43. The van der Waals surface area contributed by atoms with E-state index in [0.29, 0.717) is 0 Å². The Bertz CT molecular complexity index is 1700. The second-order valence-electron chi connectivity index (χ2n) is 10.2. The molecule has 3 aliphatic rings. The second-order valence-corrected chi connectivity index (χ2v) is 12.9. The molecule has 244 valence electrons. The maximum atomic E-state index is 13.4. The fourth-order valence-electron chi connectivity index (χ4n) is 4.95. The Morgan fingerprint density at radius 3 is 2.59 bits per heavy atom. The third-order valence-electron chi connectivity index (χ3n) is 7.39. The van der Waals surface area contributed by atoms with E-state index < -0.39 is 87.3 Å². The third kappa shape index (κ3) is 5.58. The zero-order chi connectivity index (χ0) is 33.7. The van der Waals surface area contributed by atoms with Crippen molar-refractivity contribution in [2.75, 3.05) is 25.4 Å². The number of carbonyl (C=O) groups excluding carboxylic acids is 4. The number of aromatic hydroxyl groups is 2. The first-order chi connectivity index (χ1) is 21.7. The molecular weight excluding hydrogens is 674 g/mol. The number of anilines is 1. The molecule has 4 heterocycles. The minimum atomic E-state index is -1.97. The average Bonchev–Trinajstić information content (AvgIpc) is 3.70. The van der Waals surface area contributed by atoms with E-state index in [1.807, 2.05) is 0 Å². The number of phenolic OH excluding ortho intramolecular Hbond substituents is 2. The number of hydrazine groups is 1. The molecule has 2 aromatic rings. The molecule has 0 spiro atoms. The van der Waals surface area contributed by atoms with Crippen LogP contribution in [0.5, 0.6) is 11.5 Å². The van der Waals surface area contributed by atoms with Crippen molar-refractivity contribution in [3.8, 4) is 11.5 Å². The third-order valence-corrected chi connectivity index (χ3v) is 10.2. The molecule has 7 N–H and O–H groups in total. The number of thiazole rings is 1. The molecule has 0 bridgehead atoms. The number of amides is 4. The summed E-state index contributed by atoms with van der Waals surface area (Å²) in [7, 11) is 0. The van der Waals surface area contributed by atoms with Gasteiger partial charge in [-0.2, -0.15) is 0 Å². The van der Waals surface area contributed by atoms with Crippen LogP contribution in [-0.2, 0) is 24.0 Å². The van der Waals surface area contributed by atoms with Crippen molar-refractivity contribution in [2.24, 2.45) is 11.1 Å². The summed E-state index contributed by atoms with van der Waals surface area (Å²) in [6, 6.07) is 1.24. The zero-order valence-electron chi connectivity index (χ0n) is 23.4. The van der Waals surface area contributed by atoms with Gasteiger partial charge >= 0.3 is 18.0 Å². The monoisotopic (exact) mass is 697 g/mol. The molecule has 3 fully saturated rings. The highest BCUT2D eigenvalue weighted by atomic mass is 35.5. The number of benzene rings is 1.